The Labute approximate surface area is 167 Å². The average Bonchev–Trinajstić information content (AvgIpc) is 3.51. The summed E-state index contributed by atoms with van der Waals surface area (Å²) in [5.74, 6) is 1.90. The summed E-state index contributed by atoms with van der Waals surface area (Å²) in [6.45, 7) is 0.727. The van der Waals surface area contributed by atoms with Gasteiger partial charge in [-0.15, -0.1) is 10.2 Å². The number of rotatable bonds is 5. The number of likely N-dealkylation sites (tertiary alicyclic amines) is 1. The number of fused-ring (bicyclic) bond motifs is 1. The molecule has 29 heavy (non-hydrogen) atoms. The van der Waals surface area contributed by atoms with Gasteiger partial charge < -0.3 is 9.42 Å². The molecule has 1 saturated heterocycles. The van der Waals surface area contributed by atoms with Gasteiger partial charge in [0.25, 0.3) is 0 Å². The highest BCUT2D eigenvalue weighted by atomic mass is 16.5. The third kappa shape index (κ3) is 3.37. The van der Waals surface area contributed by atoms with Crippen molar-refractivity contribution in [3.63, 3.8) is 0 Å². The Balaban J connectivity index is 1.28. The maximum atomic E-state index is 12.9. The first-order chi connectivity index (χ1) is 14.3. The molecule has 0 saturated carbocycles. The van der Waals surface area contributed by atoms with Crippen molar-refractivity contribution in [3.05, 3.63) is 66.4 Å². The Hall–Kier alpha value is -3.55. The van der Waals surface area contributed by atoms with Crippen LogP contribution in [0.25, 0.3) is 17.0 Å². The molecule has 0 bridgehead atoms. The summed E-state index contributed by atoms with van der Waals surface area (Å²) >= 11 is 0. The lowest BCUT2D eigenvalue weighted by atomic mass is 10.2. The molecule has 0 spiro atoms. The standard InChI is InChI=1S/C21H20N6O2/c28-19(12-11-18-22-20(25-29-18)15-7-2-1-3-8-15)26-14-6-9-16(26)21-24-23-17-10-4-5-13-27(17)21/h1-5,7-8,10,13,16H,6,9,11-12,14H2/t16-/m1/s1. The largest absolute Gasteiger partial charge is 0.339 e. The Morgan fingerprint density at radius 3 is 2.86 bits per heavy atom. The Bertz CT molecular complexity index is 1140. The Morgan fingerprint density at radius 1 is 1.10 bits per heavy atom. The number of benzene rings is 1. The van der Waals surface area contributed by atoms with E-state index in [1.807, 2.05) is 64.0 Å². The summed E-state index contributed by atoms with van der Waals surface area (Å²) in [6.07, 6.45) is 4.53. The molecule has 0 radical (unpaired) electrons. The molecule has 8 nitrogen and oxygen atoms in total. The number of pyridine rings is 1. The summed E-state index contributed by atoms with van der Waals surface area (Å²) in [5.41, 5.74) is 1.69. The number of hydrogen-bond acceptors (Lipinski definition) is 6. The van der Waals surface area contributed by atoms with E-state index in [2.05, 4.69) is 20.3 Å². The van der Waals surface area contributed by atoms with E-state index in [1.165, 1.54) is 0 Å². The van der Waals surface area contributed by atoms with Crippen LogP contribution in [0.15, 0.2) is 59.3 Å². The van der Waals surface area contributed by atoms with Crippen LogP contribution >= 0.6 is 0 Å². The molecule has 1 aliphatic rings. The summed E-state index contributed by atoms with van der Waals surface area (Å²) < 4.78 is 7.29. The number of carbonyl (C=O) groups excluding carboxylic acids is 1. The van der Waals surface area contributed by atoms with E-state index in [-0.39, 0.29) is 11.9 Å². The predicted molar refractivity (Wildman–Crippen MR) is 105 cm³/mol. The van der Waals surface area contributed by atoms with Crippen LogP contribution in [0.5, 0.6) is 0 Å². The molecular formula is C21H20N6O2. The van der Waals surface area contributed by atoms with E-state index < -0.39 is 0 Å². The fourth-order valence-corrected chi connectivity index (χ4v) is 3.84. The van der Waals surface area contributed by atoms with Crippen molar-refractivity contribution in [2.24, 2.45) is 0 Å². The first-order valence-electron chi connectivity index (χ1n) is 9.77. The van der Waals surface area contributed by atoms with Gasteiger partial charge in [0.05, 0.1) is 6.04 Å². The Morgan fingerprint density at radius 2 is 1.97 bits per heavy atom. The molecule has 0 N–H and O–H groups in total. The molecule has 1 fully saturated rings. The van der Waals surface area contributed by atoms with Crippen LogP contribution in [-0.4, -0.2) is 42.1 Å². The molecule has 0 aliphatic carbocycles. The van der Waals surface area contributed by atoms with Crippen LogP contribution < -0.4 is 0 Å². The lowest BCUT2D eigenvalue weighted by Gasteiger charge is -2.23. The minimum absolute atomic E-state index is 0.0533. The highest BCUT2D eigenvalue weighted by molar-refractivity contribution is 5.77. The van der Waals surface area contributed by atoms with Crippen LogP contribution in [-0.2, 0) is 11.2 Å². The van der Waals surface area contributed by atoms with Crippen LogP contribution in [0.3, 0.4) is 0 Å². The first kappa shape index (κ1) is 17.5. The second-order valence-electron chi connectivity index (χ2n) is 7.11. The van der Waals surface area contributed by atoms with Crippen molar-refractivity contribution in [2.75, 3.05) is 6.54 Å². The highest BCUT2D eigenvalue weighted by Crippen LogP contribution is 2.31. The summed E-state index contributed by atoms with van der Waals surface area (Å²) in [5, 5.41) is 12.6. The van der Waals surface area contributed by atoms with E-state index >= 15 is 0 Å². The lowest BCUT2D eigenvalue weighted by molar-refractivity contribution is -0.132. The van der Waals surface area contributed by atoms with E-state index in [1.54, 1.807) is 0 Å². The van der Waals surface area contributed by atoms with E-state index in [0.29, 0.717) is 24.6 Å². The first-order valence-corrected chi connectivity index (χ1v) is 9.77. The normalized spacial score (nSPS) is 16.6. The molecule has 146 valence electrons. The van der Waals surface area contributed by atoms with Gasteiger partial charge in [-0.25, -0.2) is 0 Å². The van der Waals surface area contributed by atoms with Gasteiger partial charge in [-0.05, 0) is 25.0 Å². The van der Waals surface area contributed by atoms with E-state index in [9.17, 15) is 4.79 Å². The highest BCUT2D eigenvalue weighted by Gasteiger charge is 2.33. The molecule has 1 atom stereocenters. The van der Waals surface area contributed by atoms with Crippen molar-refractivity contribution in [2.45, 2.75) is 31.7 Å². The molecule has 8 heteroatoms. The van der Waals surface area contributed by atoms with Gasteiger partial charge in [-0.2, -0.15) is 4.98 Å². The minimum atomic E-state index is -0.0533. The fraction of sp³-hybridized carbons (Fsp3) is 0.286. The zero-order valence-electron chi connectivity index (χ0n) is 15.8. The van der Waals surface area contributed by atoms with Crippen LogP contribution in [0.4, 0.5) is 0 Å². The topological polar surface area (TPSA) is 89.4 Å². The van der Waals surface area contributed by atoms with Crippen molar-refractivity contribution < 1.29 is 9.32 Å². The molecule has 3 aromatic heterocycles. The fourth-order valence-electron chi connectivity index (χ4n) is 3.84. The van der Waals surface area contributed by atoms with Crippen LogP contribution in [0.1, 0.15) is 37.0 Å². The third-order valence-corrected chi connectivity index (χ3v) is 5.26. The second-order valence-corrected chi connectivity index (χ2v) is 7.11. The maximum Gasteiger partial charge on any atom is 0.227 e. The van der Waals surface area contributed by atoms with Gasteiger partial charge in [0.15, 0.2) is 11.5 Å². The van der Waals surface area contributed by atoms with Gasteiger partial charge in [-0.3, -0.25) is 9.20 Å². The van der Waals surface area contributed by atoms with Gasteiger partial charge in [-0.1, -0.05) is 41.6 Å². The number of aromatic nitrogens is 5. The summed E-state index contributed by atoms with van der Waals surface area (Å²) in [6, 6.07) is 15.4. The van der Waals surface area contributed by atoms with Gasteiger partial charge in [0.1, 0.15) is 0 Å². The second kappa shape index (κ2) is 7.46. The molecule has 1 aliphatic heterocycles. The SMILES string of the molecule is O=C(CCc1nc(-c2ccccc2)no1)N1CCC[C@@H]1c1nnc2ccccn12. The number of amides is 1. The van der Waals surface area contributed by atoms with Crippen LogP contribution in [0.2, 0.25) is 0 Å². The van der Waals surface area contributed by atoms with Gasteiger partial charge >= 0.3 is 0 Å². The number of carbonyl (C=O) groups is 1. The third-order valence-electron chi connectivity index (χ3n) is 5.26. The zero-order chi connectivity index (χ0) is 19.6. The number of hydrogen-bond donors (Lipinski definition) is 0. The number of nitrogens with zero attached hydrogens (tertiary/aromatic N) is 6. The molecule has 4 aromatic rings. The monoisotopic (exact) mass is 388 g/mol. The van der Waals surface area contributed by atoms with Gasteiger partial charge in [0.2, 0.25) is 17.6 Å². The van der Waals surface area contributed by atoms with Crippen molar-refractivity contribution >= 4 is 11.6 Å². The maximum absolute atomic E-state index is 12.9. The van der Waals surface area contributed by atoms with Crippen molar-refractivity contribution in [1.29, 1.82) is 0 Å². The number of aryl methyl sites for hydroxylation is 1. The Kier molecular flexibility index (Phi) is 4.51. The van der Waals surface area contributed by atoms with E-state index in [4.69, 9.17) is 4.52 Å². The summed E-state index contributed by atoms with van der Waals surface area (Å²) in [4.78, 5) is 19.2. The lowest BCUT2D eigenvalue weighted by Crippen LogP contribution is -2.31. The smallest absolute Gasteiger partial charge is 0.227 e. The molecule has 1 aromatic carbocycles. The van der Waals surface area contributed by atoms with Crippen LogP contribution in [0, 0.1) is 0 Å². The van der Waals surface area contributed by atoms with Gasteiger partial charge in [0, 0.05) is 31.1 Å². The summed E-state index contributed by atoms with van der Waals surface area (Å²) in [7, 11) is 0. The molecule has 4 heterocycles. The molecular weight excluding hydrogens is 368 g/mol. The molecule has 1 amide bonds. The minimum Gasteiger partial charge on any atom is -0.339 e. The van der Waals surface area contributed by atoms with E-state index in [0.717, 1.165) is 36.4 Å². The van der Waals surface area contributed by atoms with Crippen molar-refractivity contribution in [1.82, 2.24) is 29.6 Å². The molecule has 0 unspecified atom stereocenters. The van der Waals surface area contributed by atoms with Crippen molar-refractivity contribution in [3.8, 4) is 11.4 Å². The molecule has 5 rings (SSSR count). The predicted octanol–water partition coefficient (Wildman–Crippen LogP) is 3.08. The average molecular weight is 388 g/mol. The zero-order valence-corrected chi connectivity index (χ0v) is 15.8. The quantitative estimate of drug-likeness (QED) is 0.522.